The zero-order valence-electron chi connectivity index (χ0n) is 11.1. The highest BCUT2D eigenvalue weighted by Crippen LogP contribution is 2.26. The molecule has 0 radical (unpaired) electrons. The van der Waals surface area contributed by atoms with Crippen LogP contribution in [0, 0.1) is 5.92 Å². The van der Waals surface area contributed by atoms with Gasteiger partial charge >= 0.3 is 5.97 Å². The van der Waals surface area contributed by atoms with E-state index in [9.17, 15) is 9.90 Å². The lowest BCUT2D eigenvalue weighted by molar-refractivity contribution is -0.163. The number of rotatable bonds is 3. The molecule has 100 valence electrons. The number of carbonyl (C=O) groups excluding carboxylic acids is 1. The maximum absolute atomic E-state index is 11.8. The van der Waals surface area contributed by atoms with Crippen molar-refractivity contribution in [3.05, 3.63) is 34.9 Å². The average Bonchev–Trinajstić information content (AvgIpc) is 2.24. The summed E-state index contributed by atoms with van der Waals surface area (Å²) >= 11 is 5.85. The van der Waals surface area contributed by atoms with Gasteiger partial charge in [-0.3, -0.25) is 4.79 Å². The van der Waals surface area contributed by atoms with Crippen LogP contribution in [-0.4, -0.2) is 16.7 Å². The lowest BCUT2D eigenvalue weighted by Gasteiger charge is -2.24. The van der Waals surface area contributed by atoms with Crippen LogP contribution in [0.3, 0.4) is 0 Å². The second-order valence-electron chi connectivity index (χ2n) is 5.32. The van der Waals surface area contributed by atoms with Crippen molar-refractivity contribution in [1.29, 1.82) is 0 Å². The molecule has 0 spiro atoms. The molecule has 1 rings (SSSR count). The van der Waals surface area contributed by atoms with E-state index >= 15 is 0 Å². The number of ether oxygens (including phenoxy) is 1. The van der Waals surface area contributed by atoms with Crippen LogP contribution in [0.1, 0.15) is 39.4 Å². The molecule has 0 fully saturated rings. The minimum absolute atomic E-state index is 0.421. The van der Waals surface area contributed by atoms with E-state index in [1.807, 2.05) is 0 Å². The Morgan fingerprint density at radius 2 is 2.00 bits per heavy atom. The smallest absolute Gasteiger partial charge is 0.312 e. The zero-order valence-corrected chi connectivity index (χ0v) is 11.9. The Morgan fingerprint density at radius 3 is 2.50 bits per heavy atom. The highest BCUT2D eigenvalue weighted by atomic mass is 35.5. The van der Waals surface area contributed by atoms with Crippen molar-refractivity contribution in [1.82, 2.24) is 0 Å². The standard InChI is InChI=1S/C14H19ClO3/c1-9(13(17)18-14(2,3)4)12(16)10-6-5-7-11(15)8-10/h5-9,12,16H,1-4H3. The van der Waals surface area contributed by atoms with Gasteiger partial charge in [0.15, 0.2) is 0 Å². The fourth-order valence-corrected chi connectivity index (χ4v) is 1.70. The van der Waals surface area contributed by atoms with E-state index in [-0.39, 0.29) is 0 Å². The van der Waals surface area contributed by atoms with Crippen LogP contribution in [0.2, 0.25) is 5.02 Å². The van der Waals surface area contributed by atoms with E-state index in [2.05, 4.69) is 0 Å². The SMILES string of the molecule is CC(C(=O)OC(C)(C)C)C(O)c1cccc(Cl)c1. The van der Waals surface area contributed by atoms with Crippen LogP contribution in [0.5, 0.6) is 0 Å². The third-order valence-electron chi connectivity index (χ3n) is 2.44. The van der Waals surface area contributed by atoms with E-state index in [4.69, 9.17) is 16.3 Å². The second kappa shape index (κ2) is 5.72. The predicted molar refractivity (Wildman–Crippen MR) is 71.4 cm³/mol. The summed E-state index contributed by atoms with van der Waals surface area (Å²) in [6.45, 7) is 7.02. The van der Waals surface area contributed by atoms with E-state index in [0.29, 0.717) is 10.6 Å². The molecule has 0 aliphatic heterocycles. The molecule has 0 saturated carbocycles. The molecular formula is C14H19ClO3. The van der Waals surface area contributed by atoms with Gasteiger partial charge in [0, 0.05) is 5.02 Å². The second-order valence-corrected chi connectivity index (χ2v) is 5.76. The molecule has 2 unspecified atom stereocenters. The average molecular weight is 271 g/mol. The van der Waals surface area contributed by atoms with Crippen molar-refractivity contribution >= 4 is 17.6 Å². The summed E-state index contributed by atoms with van der Waals surface area (Å²) in [7, 11) is 0. The van der Waals surface area contributed by atoms with E-state index in [0.717, 1.165) is 0 Å². The van der Waals surface area contributed by atoms with Crippen LogP contribution in [-0.2, 0) is 9.53 Å². The lowest BCUT2D eigenvalue weighted by Crippen LogP contribution is -2.30. The van der Waals surface area contributed by atoms with Gasteiger partial charge in [0.2, 0.25) is 0 Å². The summed E-state index contributed by atoms with van der Waals surface area (Å²) in [5.74, 6) is -1.06. The summed E-state index contributed by atoms with van der Waals surface area (Å²) in [6, 6.07) is 6.84. The Hall–Kier alpha value is -1.06. The molecule has 2 atom stereocenters. The Balaban J connectivity index is 2.78. The maximum Gasteiger partial charge on any atom is 0.312 e. The van der Waals surface area contributed by atoms with Crippen LogP contribution in [0.4, 0.5) is 0 Å². The van der Waals surface area contributed by atoms with Gasteiger partial charge in [0.05, 0.1) is 12.0 Å². The molecule has 4 heteroatoms. The number of aliphatic hydroxyl groups is 1. The fourth-order valence-electron chi connectivity index (χ4n) is 1.50. The molecule has 1 aromatic rings. The van der Waals surface area contributed by atoms with Gasteiger partial charge in [0.1, 0.15) is 5.60 Å². The highest BCUT2D eigenvalue weighted by Gasteiger charge is 2.28. The van der Waals surface area contributed by atoms with Crippen LogP contribution in [0.15, 0.2) is 24.3 Å². The number of aliphatic hydroxyl groups excluding tert-OH is 1. The van der Waals surface area contributed by atoms with Gasteiger partial charge in [-0.2, -0.15) is 0 Å². The van der Waals surface area contributed by atoms with Gasteiger partial charge in [-0.15, -0.1) is 0 Å². The molecule has 18 heavy (non-hydrogen) atoms. The molecule has 0 aliphatic rings. The first-order valence-electron chi connectivity index (χ1n) is 5.87. The zero-order chi connectivity index (χ0) is 13.9. The van der Waals surface area contributed by atoms with Gasteiger partial charge in [-0.05, 0) is 45.4 Å². The number of esters is 1. The van der Waals surface area contributed by atoms with Crippen molar-refractivity contribution in [2.75, 3.05) is 0 Å². The number of hydrogen-bond acceptors (Lipinski definition) is 3. The monoisotopic (exact) mass is 270 g/mol. The van der Waals surface area contributed by atoms with E-state index in [1.165, 1.54) is 0 Å². The molecule has 0 bridgehead atoms. The third-order valence-corrected chi connectivity index (χ3v) is 2.68. The Bertz CT molecular complexity index is 423. The largest absolute Gasteiger partial charge is 0.460 e. The first-order chi connectivity index (χ1) is 8.20. The van der Waals surface area contributed by atoms with Crippen molar-refractivity contribution in [2.45, 2.75) is 39.4 Å². The predicted octanol–water partition coefficient (Wildman–Crippen LogP) is 3.35. The van der Waals surface area contributed by atoms with E-state index in [1.54, 1.807) is 52.0 Å². The molecule has 3 nitrogen and oxygen atoms in total. The number of benzene rings is 1. The number of halogens is 1. The first-order valence-corrected chi connectivity index (χ1v) is 6.25. The lowest BCUT2D eigenvalue weighted by atomic mass is 9.97. The Morgan fingerprint density at radius 1 is 1.39 bits per heavy atom. The van der Waals surface area contributed by atoms with Crippen molar-refractivity contribution in [3.63, 3.8) is 0 Å². The highest BCUT2D eigenvalue weighted by molar-refractivity contribution is 6.30. The minimum Gasteiger partial charge on any atom is -0.460 e. The van der Waals surface area contributed by atoms with E-state index < -0.39 is 23.6 Å². The molecule has 0 aliphatic carbocycles. The van der Waals surface area contributed by atoms with Crippen molar-refractivity contribution in [2.24, 2.45) is 5.92 Å². The molecule has 0 saturated heterocycles. The Labute approximate surface area is 113 Å². The summed E-state index contributed by atoms with van der Waals surface area (Å²) in [4.78, 5) is 11.8. The van der Waals surface area contributed by atoms with Gasteiger partial charge in [0.25, 0.3) is 0 Å². The molecule has 1 aromatic carbocycles. The summed E-state index contributed by atoms with van der Waals surface area (Å²) in [6.07, 6.45) is -0.918. The molecule has 0 aromatic heterocycles. The van der Waals surface area contributed by atoms with Gasteiger partial charge < -0.3 is 9.84 Å². The summed E-state index contributed by atoms with van der Waals surface area (Å²) in [5.41, 5.74) is 0.0558. The maximum atomic E-state index is 11.8. The number of carbonyl (C=O) groups is 1. The molecule has 0 amide bonds. The minimum atomic E-state index is -0.918. The third kappa shape index (κ3) is 4.31. The molecule has 0 heterocycles. The van der Waals surface area contributed by atoms with Crippen LogP contribution >= 0.6 is 11.6 Å². The van der Waals surface area contributed by atoms with Crippen molar-refractivity contribution < 1.29 is 14.6 Å². The normalized spacial score (nSPS) is 15.0. The molecular weight excluding hydrogens is 252 g/mol. The summed E-state index contributed by atoms with van der Waals surface area (Å²) in [5, 5.41) is 10.7. The Kier molecular flexibility index (Phi) is 4.77. The summed E-state index contributed by atoms with van der Waals surface area (Å²) < 4.78 is 5.24. The topological polar surface area (TPSA) is 46.5 Å². The quantitative estimate of drug-likeness (QED) is 0.857. The number of hydrogen-bond donors (Lipinski definition) is 1. The van der Waals surface area contributed by atoms with Gasteiger partial charge in [-0.25, -0.2) is 0 Å². The van der Waals surface area contributed by atoms with Gasteiger partial charge in [-0.1, -0.05) is 23.7 Å². The molecule has 1 N–H and O–H groups in total. The van der Waals surface area contributed by atoms with Crippen molar-refractivity contribution in [3.8, 4) is 0 Å². The first kappa shape index (κ1) is 15.0. The fraction of sp³-hybridized carbons (Fsp3) is 0.500. The van der Waals surface area contributed by atoms with Crippen LogP contribution < -0.4 is 0 Å². The van der Waals surface area contributed by atoms with Crippen LogP contribution in [0.25, 0.3) is 0 Å².